The number of hydrogen-bond donors (Lipinski definition) is 1. The quantitative estimate of drug-likeness (QED) is 0.911. The molecule has 0 aliphatic carbocycles. The molecule has 0 heterocycles. The van der Waals surface area contributed by atoms with Crippen molar-refractivity contribution < 1.29 is 9.84 Å². The number of benzene rings is 2. The molecule has 4 heteroatoms. The number of ether oxygens (including phenoxy) is 1. The summed E-state index contributed by atoms with van der Waals surface area (Å²) in [4.78, 5) is 4.29. The lowest BCUT2D eigenvalue weighted by Crippen LogP contribution is -2.11. The highest BCUT2D eigenvalue weighted by Gasteiger charge is 2.08. The van der Waals surface area contributed by atoms with Crippen molar-refractivity contribution in [2.24, 2.45) is 0 Å². The molecule has 0 bridgehead atoms. The summed E-state index contributed by atoms with van der Waals surface area (Å²) >= 11 is 1.63. The minimum Gasteiger partial charge on any atom is -0.508 e. The summed E-state index contributed by atoms with van der Waals surface area (Å²) in [6, 6.07) is 13.4. The summed E-state index contributed by atoms with van der Waals surface area (Å²) in [5, 5.41) is 9.56. The van der Waals surface area contributed by atoms with Gasteiger partial charge in [-0.2, -0.15) is 0 Å². The number of phenols is 1. The van der Waals surface area contributed by atoms with E-state index >= 15 is 0 Å². The lowest BCUT2D eigenvalue weighted by molar-refractivity contribution is 0.395. The van der Waals surface area contributed by atoms with Crippen LogP contribution in [0.3, 0.4) is 0 Å². The molecule has 0 amide bonds. The largest absolute Gasteiger partial charge is 0.508 e. The minimum atomic E-state index is 0.284. The molecular weight excluding hydrogens is 270 g/mol. The first kappa shape index (κ1) is 14.8. The Bertz CT molecular complexity index is 584. The average molecular weight is 289 g/mol. The van der Waals surface area contributed by atoms with E-state index in [1.165, 1.54) is 5.56 Å². The summed E-state index contributed by atoms with van der Waals surface area (Å²) in [7, 11) is 5.77. The van der Waals surface area contributed by atoms with Crippen LogP contribution in [0.1, 0.15) is 5.56 Å². The molecule has 1 N–H and O–H groups in total. The van der Waals surface area contributed by atoms with E-state index in [4.69, 9.17) is 4.74 Å². The third-order valence-corrected chi connectivity index (χ3v) is 3.90. The van der Waals surface area contributed by atoms with Crippen molar-refractivity contribution in [3.63, 3.8) is 0 Å². The first-order valence-corrected chi connectivity index (χ1v) is 7.18. The standard InChI is InChI=1S/C16H19NO2S/c1-17(2)11-12-7-8-14(19-3)10-16(12)20-15-6-4-5-13(18)9-15/h4-10,18H,11H2,1-3H3. The van der Waals surface area contributed by atoms with Crippen molar-refractivity contribution in [2.75, 3.05) is 21.2 Å². The Morgan fingerprint density at radius 3 is 2.60 bits per heavy atom. The third-order valence-electron chi connectivity index (χ3n) is 2.81. The number of hydrogen-bond acceptors (Lipinski definition) is 4. The van der Waals surface area contributed by atoms with Crippen LogP contribution in [-0.2, 0) is 6.54 Å². The molecule has 0 unspecified atom stereocenters. The molecule has 0 fully saturated rings. The van der Waals surface area contributed by atoms with Crippen molar-refractivity contribution in [3.05, 3.63) is 48.0 Å². The predicted octanol–water partition coefficient (Wildman–Crippen LogP) is 3.61. The maximum Gasteiger partial charge on any atom is 0.120 e. The molecule has 0 aromatic heterocycles. The van der Waals surface area contributed by atoms with Gasteiger partial charge in [0.25, 0.3) is 0 Å². The Morgan fingerprint density at radius 2 is 1.95 bits per heavy atom. The molecule has 2 aromatic rings. The summed E-state index contributed by atoms with van der Waals surface area (Å²) in [5.74, 6) is 1.13. The molecule has 2 aromatic carbocycles. The van der Waals surface area contributed by atoms with Gasteiger partial charge in [0.05, 0.1) is 7.11 Å². The highest BCUT2D eigenvalue weighted by molar-refractivity contribution is 7.99. The summed E-state index contributed by atoms with van der Waals surface area (Å²) in [6.07, 6.45) is 0. The van der Waals surface area contributed by atoms with Crippen LogP contribution in [0, 0.1) is 0 Å². The van der Waals surface area contributed by atoms with E-state index in [1.807, 2.05) is 38.4 Å². The number of nitrogens with zero attached hydrogens (tertiary/aromatic N) is 1. The molecule has 20 heavy (non-hydrogen) atoms. The van der Waals surface area contributed by atoms with Gasteiger partial charge >= 0.3 is 0 Å². The van der Waals surface area contributed by atoms with Crippen molar-refractivity contribution in [1.29, 1.82) is 0 Å². The monoisotopic (exact) mass is 289 g/mol. The van der Waals surface area contributed by atoms with Gasteiger partial charge in [0.15, 0.2) is 0 Å². The van der Waals surface area contributed by atoms with Crippen LogP contribution in [0.25, 0.3) is 0 Å². The molecule has 2 rings (SSSR count). The fourth-order valence-electron chi connectivity index (χ4n) is 1.90. The van der Waals surface area contributed by atoms with Crippen molar-refractivity contribution in [2.45, 2.75) is 16.3 Å². The van der Waals surface area contributed by atoms with E-state index in [9.17, 15) is 5.11 Å². The van der Waals surface area contributed by atoms with Crippen LogP contribution in [-0.4, -0.2) is 31.2 Å². The van der Waals surface area contributed by atoms with Crippen molar-refractivity contribution in [1.82, 2.24) is 4.90 Å². The van der Waals surface area contributed by atoms with Gasteiger partial charge < -0.3 is 14.7 Å². The van der Waals surface area contributed by atoms with Gasteiger partial charge in [-0.1, -0.05) is 23.9 Å². The molecular formula is C16H19NO2S. The number of aromatic hydroxyl groups is 1. The first-order valence-electron chi connectivity index (χ1n) is 6.37. The number of rotatable bonds is 5. The summed E-state index contributed by atoms with van der Waals surface area (Å²) < 4.78 is 5.30. The Morgan fingerprint density at radius 1 is 1.15 bits per heavy atom. The molecule has 0 atom stereocenters. The molecule has 3 nitrogen and oxygen atoms in total. The van der Waals surface area contributed by atoms with Crippen LogP contribution >= 0.6 is 11.8 Å². The van der Waals surface area contributed by atoms with E-state index in [1.54, 1.807) is 31.0 Å². The van der Waals surface area contributed by atoms with Crippen molar-refractivity contribution in [3.8, 4) is 11.5 Å². The average Bonchev–Trinajstić information content (AvgIpc) is 2.40. The van der Waals surface area contributed by atoms with Gasteiger partial charge in [-0.25, -0.2) is 0 Å². The van der Waals surface area contributed by atoms with Crippen LogP contribution in [0.2, 0.25) is 0 Å². The SMILES string of the molecule is COc1ccc(CN(C)C)c(Sc2cccc(O)c2)c1. The van der Waals surface area contributed by atoms with Gasteiger partial charge in [0.2, 0.25) is 0 Å². The van der Waals surface area contributed by atoms with Gasteiger partial charge in [-0.05, 0) is 50.0 Å². The van der Waals surface area contributed by atoms with Gasteiger partial charge in [0.1, 0.15) is 11.5 Å². The van der Waals surface area contributed by atoms with E-state index in [0.29, 0.717) is 0 Å². The lowest BCUT2D eigenvalue weighted by atomic mass is 10.2. The zero-order valence-electron chi connectivity index (χ0n) is 12.0. The highest BCUT2D eigenvalue weighted by atomic mass is 32.2. The fourth-order valence-corrected chi connectivity index (χ4v) is 2.92. The lowest BCUT2D eigenvalue weighted by Gasteiger charge is -2.15. The maximum atomic E-state index is 9.56. The molecule has 0 aliphatic rings. The first-order chi connectivity index (χ1) is 9.58. The van der Waals surface area contributed by atoms with E-state index in [-0.39, 0.29) is 5.75 Å². The Labute approximate surface area is 124 Å². The normalized spacial score (nSPS) is 10.8. The highest BCUT2D eigenvalue weighted by Crippen LogP contribution is 2.34. The second kappa shape index (κ2) is 6.68. The Kier molecular flexibility index (Phi) is 4.93. The van der Waals surface area contributed by atoms with Crippen LogP contribution in [0.5, 0.6) is 11.5 Å². The van der Waals surface area contributed by atoms with E-state index < -0.39 is 0 Å². The smallest absolute Gasteiger partial charge is 0.120 e. The fraction of sp³-hybridized carbons (Fsp3) is 0.250. The van der Waals surface area contributed by atoms with Gasteiger partial charge in [-0.15, -0.1) is 0 Å². The van der Waals surface area contributed by atoms with Gasteiger partial charge in [0, 0.05) is 16.3 Å². The topological polar surface area (TPSA) is 32.7 Å². The Balaban J connectivity index is 2.32. The van der Waals surface area contributed by atoms with Crippen LogP contribution < -0.4 is 4.74 Å². The molecule has 0 spiro atoms. The molecule has 106 valence electrons. The third kappa shape index (κ3) is 3.92. The molecule has 0 aliphatic heterocycles. The summed E-state index contributed by atoms with van der Waals surface area (Å²) in [6.45, 7) is 0.866. The van der Waals surface area contributed by atoms with E-state index in [0.717, 1.165) is 22.1 Å². The Hall–Kier alpha value is -1.65. The summed E-state index contributed by atoms with van der Waals surface area (Å²) in [5.41, 5.74) is 1.24. The van der Waals surface area contributed by atoms with Crippen molar-refractivity contribution >= 4 is 11.8 Å². The second-order valence-electron chi connectivity index (χ2n) is 4.81. The maximum absolute atomic E-state index is 9.56. The molecule has 0 saturated carbocycles. The minimum absolute atomic E-state index is 0.284. The zero-order chi connectivity index (χ0) is 14.5. The predicted molar refractivity (Wildman–Crippen MR) is 82.6 cm³/mol. The molecule has 0 radical (unpaired) electrons. The number of phenolic OH excluding ortho intramolecular Hbond substituents is 1. The number of methoxy groups -OCH3 is 1. The molecule has 0 saturated heterocycles. The van der Waals surface area contributed by atoms with Crippen LogP contribution in [0.15, 0.2) is 52.3 Å². The van der Waals surface area contributed by atoms with E-state index in [2.05, 4.69) is 11.0 Å². The van der Waals surface area contributed by atoms with Gasteiger partial charge in [-0.3, -0.25) is 0 Å². The van der Waals surface area contributed by atoms with Crippen LogP contribution in [0.4, 0.5) is 0 Å². The second-order valence-corrected chi connectivity index (χ2v) is 5.93. The zero-order valence-corrected chi connectivity index (χ0v) is 12.8.